The number of rotatable bonds is 4. The van der Waals surface area contributed by atoms with Gasteiger partial charge in [0.05, 0.1) is 5.75 Å². The Morgan fingerprint density at radius 1 is 1.53 bits per heavy atom. The number of hydrogen-bond donors (Lipinski definition) is 1. The van der Waals surface area contributed by atoms with Crippen LogP contribution in [-0.4, -0.2) is 28.7 Å². The number of carbonyl (C=O) groups is 1. The second kappa shape index (κ2) is 4.57. The van der Waals surface area contributed by atoms with Gasteiger partial charge in [0.15, 0.2) is 0 Å². The van der Waals surface area contributed by atoms with Gasteiger partial charge in [-0.3, -0.25) is 4.79 Å². The van der Waals surface area contributed by atoms with Gasteiger partial charge in [-0.05, 0) is 11.6 Å². The van der Waals surface area contributed by atoms with Crippen LogP contribution in [0.1, 0.15) is 5.56 Å². The first kappa shape index (κ1) is 10.4. The molecule has 0 bridgehead atoms. The number of fused-ring (bicyclic) bond motifs is 1. The molecule has 1 aliphatic heterocycles. The average molecular weight is 224 g/mol. The fourth-order valence-electron chi connectivity index (χ4n) is 1.62. The lowest BCUT2D eigenvalue weighted by Gasteiger charge is -2.08. The van der Waals surface area contributed by atoms with Crippen molar-refractivity contribution in [2.24, 2.45) is 0 Å². The molecule has 0 fully saturated rings. The number of thioether (sulfide) groups is 1. The lowest BCUT2D eigenvalue weighted by Crippen LogP contribution is -2.17. The molecule has 0 saturated heterocycles. The van der Waals surface area contributed by atoms with Gasteiger partial charge >= 0.3 is 5.97 Å². The van der Waals surface area contributed by atoms with Crippen LogP contribution in [0.25, 0.3) is 0 Å². The highest BCUT2D eigenvalue weighted by molar-refractivity contribution is 7.99. The molecule has 15 heavy (non-hydrogen) atoms. The fourth-order valence-corrected chi connectivity index (χ4v) is 2.37. The predicted molar refractivity (Wildman–Crippen MR) is 59.5 cm³/mol. The molecular weight excluding hydrogens is 212 g/mol. The van der Waals surface area contributed by atoms with E-state index in [1.165, 1.54) is 17.3 Å². The van der Waals surface area contributed by atoms with Crippen molar-refractivity contribution in [3.8, 4) is 5.75 Å². The third-order valence-corrected chi connectivity index (χ3v) is 3.30. The molecule has 0 saturated carbocycles. The van der Waals surface area contributed by atoms with Crippen LogP contribution < -0.4 is 4.74 Å². The molecule has 3 nitrogen and oxygen atoms in total. The van der Waals surface area contributed by atoms with Crippen LogP contribution in [-0.2, 0) is 11.2 Å². The van der Waals surface area contributed by atoms with Gasteiger partial charge in [0.25, 0.3) is 0 Å². The minimum atomic E-state index is -0.768. The summed E-state index contributed by atoms with van der Waals surface area (Å²) in [4.78, 5) is 10.3. The predicted octanol–water partition coefficient (Wildman–Crippen LogP) is 1.81. The maximum Gasteiger partial charge on any atom is 0.313 e. The maximum atomic E-state index is 10.3. The number of carboxylic acids is 1. The first-order valence-corrected chi connectivity index (χ1v) is 5.95. The summed E-state index contributed by atoms with van der Waals surface area (Å²) in [6, 6.07) is 7.95. The molecular formula is C11H12O3S. The molecule has 0 spiro atoms. The number of benzene rings is 1. The zero-order chi connectivity index (χ0) is 10.7. The molecule has 1 N–H and O–H groups in total. The molecule has 0 aliphatic carbocycles. The van der Waals surface area contributed by atoms with E-state index in [0.717, 1.165) is 17.9 Å². The zero-order valence-corrected chi connectivity index (χ0v) is 9.00. The van der Waals surface area contributed by atoms with E-state index in [2.05, 4.69) is 6.07 Å². The highest BCUT2D eigenvalue weighted by Crippen LogP contribution is 2.29. The summed E-state index contributed by atoms with van der Waals surface area (Å²) >= 11 is 1.40. The summed E-state index contributed by atoms with van der Waals surface area (Å²) in [5.41, 5.74) is 1.22. The van der Waals surface area contributed by atoms with Crippen LogP contribution in [0.3, 0.4) is 0 Å². The van der Waals surface area contributed by atoms with Crippen LogP contribution in [0.4, 0.5) is 0 Å². The second-order valence-corrected chi connectivity index (χ2v) is 4.49. The monoisotopic (exact) mass is 224 g/mol. The topological polar surface area (TPSA) is 46.5 Å². The van der Waals surface area contributed by atoms with Crippen molar-refractivity contribution in [2.75, 3.05) is 11.5 Å². The lowest BCUT2D eigenvalue weighted by molar-refractivity contribution is -0.133. The molecule has 1 aromatic carbocycles. The second-order valence-electron chi connectivity index (χ2n) is 3.46. The molecule has 4 heteroatoms. The quantitative estimate of drug-likeness (QED) is 0.847. The molecule has 1 aliphatic rings. The third-order valence-electron chi connectivity index (χ3n) is 2.24. The third kappa shape index (κ3) is 2.65. The van der Waals surface area contributed by atoms with E-state index in [1.54, 1.807) is 0 Å². The average Bonchev–Trinajstić information content (AvgIpc) is 2.59. The smallest absolute Gasteiger partial charge is 0.313 e. The minimum Gasteiger partial charge on any atom is -0.489 e. The zero-order valence-electron chi connectivity index (χ0n) is 8.18. The van der Waals surface area contributed by atoms with Gasteiger partial charge in [-0.2, -0.15) is 0 Å². The van der Waals surface area contributed by atoms with Crippen molar-refractivity contribution >= 4 is 17.7 Å². The van der Waals surface area contributed by atoms with E-state index in [9.17, 15) is 4.79 Å². The standard InChI is InChI=1S/C11H12O3S/c12-11(13)7-15-6-9-5-8-3-1-2-4-10(8)14-9/h1-4,9H,5-7H2,(H,12,13). The SMILES string of the molecule is O=C(O)CSCC1Cc2ccccc2O1. The van der Waals surface area contributed by atoms with Gasteiger partial charge in [-0.15, -0.1) is 11.8 Å². The highest BCUT2D eigenvalue weighted by atomic mass is 32.2. The normalized spacial score (nSPS) is 18.3. The van der Waals surface area contributed by atoms with Crippen molar-refractivity contribution < 1.29 is 14.6 Å². The first-order valence-electron chi connectivity index (χ1n) is 4.80. The Morgan fingerprint density at radius 2 is 2.33 bits per heavy atom. The van der Waals surface area contributed by atoms with Gasteiger partial charge in [-0.25, -0.2) is 0 Å². The van der Waals surface area contributed by atoms with Crippen LogP contribution in [0.2, 0.25) is 0 Å². The molecule has 80 valence electrons. The molecule has 1 atom stereocenters. The Bertz CT molecular complexity index is 340. The van der Waals surface area contributed by atoms with Crippen LogP contribution in [0.5, 0.6) is 5.75 Å². The molecule has 1 heterocycles. The summed E-state index contributed by atoms with van der Waals surface area (Å²) in [5, 5.41) is 8.50. The fraction of sp³-hybridized carbons (Fsp3) is 0.364. The van der Waals surface area contributed by atoms with E-state index in [-0.39, 0.29) is 11.9 Å². The summed E-state index contributed by atoms with van der Waals surface area (Å²) < 4.78 is 5.67. The highest BCUT2D eigenvalue weighted by Gasteiger charge is 2.22. The van der Waals surface area contributed by atoms with Gasteiger partial charge in [0.1, 0.15) is 11.9 Å². The molecule has 0 amide bonds. The molecule has 0 radical (unpaired) electrons. The molecule has 1 unspecified atom stereocenters. The van der Waals surface area contributed by atoms with Crippen molar-refractivity contribution in [3.05, 3.63) is 29.8 Å². The first-order chi connectivity index (χ1) is 7.25. The van der Waals surface area contributed by atoms with Crippen LogP contribution >= 0.6 is 11.8 Å². The Labute approximate surface area is 92.4 Å². The number of aliphatic carboxylic acids is 1. The summed E-state index contributed by atoms with van der Waals surface area (Å²) in [6.07, 6.45) is 1.02. The Kier molecular flexibility index (Phi) is 3.16. The van der Waals surface area contributed by atoms with Crippen molar-refractivity contribution in [1.82, 2.24) is 0 Å². The van der Waals surface area contributed by atoms with Crippen LogP contribution in [0.15, 0.2) is 24.3 Å². The van der Waals surface area contributed by atoms with E-state index in [0.29, 0.717) is 0 Å². The van der Waals surface area contributed by atoms with Crippen LogP contribution in [0, 0.1) is 0 Å². The van der Waals surface area contributed by atoms with Crippen molar-refractivity contribution in [1.29, 1.82) is 0 Å². The number of hydrogen-bond acceptors (Lipinski definition) is 3. The molecule has 2 rings (SSSR count). The van der Waals surface area contributed by atoms with E-state index in [1.807, 2.05) is 18.2 Å². The molecule has 1 aromatic rings. The van der Waals surface area contributed by atoms with E-state index >= 15 is 0 Å². The lowest BCUT2D eigenvalue weighted by atomic mass is 10.1. The molecule has 0 aromatic heterocycles. The number of ether oxygens (including phenoxy) is 1. The van der Waals surface area contributed by atoms with Gasteiger partial charge in [-0.1, -0.05) is 18.2 Å². The Morgan fingerprint density at radius 3 is 3.07 bits per heavy atom. The van der Waals surface area contributed by atoms with E-state index < -0.39 is 5.97 Å². The Hall–Kier alpha value is -1.16. The summed E-state index contributed by atoms with van der Waals surface area (Å²) in [6.45, 7) is 0. The minimum absolute atomic E-state index is 0.131. The van der Waals surface area contributed by atoms with Crippen molar-refractivity contribution in [3.63, 3.8) is 0 Å². The maximum absolute atomic E-state index is 10.3. The van der Waals surface area contributed by atoms with Gasteiger partial charge < -0.3 is 9.84 Å². The van der Waals surface area contributed by atoms with Crippen molar-refractivity contribution in [2.45, 2.75) is 12.5 Å². The van der Waals surface area contributed by atoms with Gasteiger partial charge in [0.2, 0.25) is 0 Å². The summed E-state index contributed by atoms with van der Waals surface area (Å²) in [7, 11) is 0. The summed E-state index contributed by atoms with van der Waals surface area (Å²) in [5.74, 6) is 1.06. The number of para-hydroxylation sites is 1. The van der Waals surface area contributed by atoms with Gasteiger partial charge in [0, 0.05) is 12.2 Å². The van der Waals surface area contributed by atoms with E-state index in [4.69, 9.17) is 9.84 Å². The largest absolute Gasteiger partial charge is 0.489 e. The Balaban J connectivity index is 1.83. The number of carboxylic acid groups (broad SMARTS) is 1.